The van der Waals surface area contributed by atoms with E-state index in [0.29, 0.717) is 17.9 Å². The summed E-state index contributed by atoms with van der Waals surface area (Å²) in [5.41, 5.74) is 1.72. The largest absolute Gasteiger partial charge is 0.396 e. The molecule has 0 aromatic carbocycles. The molecule has 0 aromatic rings. The van der Waals surface area contributed by atoms with E-state index in [1.54, 1.807) is 0 Å². The van der Waals surface area contributed by atoms with Gasteiger partial charge in [-0.3, -0.25) is 0 Å². The van der Waals surface area contributed by atoms with Crippen LogP contribution in [0.25, 0.3) is 0 Å². The number of hydrogen-bond donors (Lipinski definition) is 1. The molecule has 1 aliphatic carbocycles. The molecule has 0 bridgehead atoms. The molecule has 0 saturated heterocycles. The molecule has 1 N–H and O–H groups in total. The summed E-state index contributed by atoms with van der Waals surface area (Å²) in [5.74, 6) is 0.433. The van der Waals surface area contributed by atoms with Gasteiger partial charge in [-0.15, -0.1) is 0 Å². The summed E-state index contributed by atoms with van der Waals surface area (Å²) in [6.07, 6.45) is 4.65. The van der Waals surface area contributed by atoms with Crippen LogP contribution in [0.4, 0.5) is 0 Å². The molecule has 1 aliphatic rings. The lowest BCUT2D eigenvalue weighted by Crippen LogP contribution is -2.20. The summed E-state index contributed by atoms with van der Waals surface area (Å²) >= 11 is 0. The van der Waals surface area contributed by atoms with E-state index in [1.807, 2.05) is 0 Å². The van der Waals surface area contributed by atoms with Crippen molar-refractivity contribution < 1.29 is 5.11 Å². The molecule has 0 fully saturated rings. The highest BCUT2D eigenvalue weighted by molar-refractivity contribution is 5.12. The smallest absolute Gasteiger partial charge is 0.0496 e. The Hall–Kier alpha value is -0.300. The van der Waals surface area contributed by atoms with Crippen molar-refractivity contribution in [2.24, 2.45) is 11.3 Å². The molecule has 1 unspecified atom stereocenters. The molecule has 0 heterocycles. The normalized spacial score (nSPS) is 29.8. The first kappa shape index (κ1) is 8.79. The maximum atomic E-state index is 8.99. The number of hydrogen-bond acceptors (Lipinski definition) is 1. The fourth-order valence-corrected chi connectivity index (χ4v) is 1.82. The van der Waals surface area contributed by atoms with E-state index >= 15 is 0 Å². The van der Waals surface area contributed by atoms with Crippen LogP contribution in [0.15, 0.2) is 11.6 Å². The lowest BCUT2D eigenvalue weighted by atomic mass is 9.75. The van der Waals surface area contributed by atoms with Crippen molar-refractivity contribution in [2.45, 2.75) is 33.6 Å². The van der Waals surface area contributed by atoms with Crippen LogP contribution in [0.2, 0.25) is 0 Å². The van der Waals surface area contributed by atoms with Gasteiger partial charge in [-0.05, 0) is 25.2 Å². The van der Waals surface area contributed by atoms with Gasteiger partial charge >= 0.3 is 0 Å². The summed E-state index contributed by atoms with van der Waals surface area (Å²) in [6.45, 7) is 6.95. The second-order valence-electron chi connectivity index (χ2n) is 4.30. The Morgan fingerprint density at radius 2 is 2.27 bits per heavy atom. The van der Waals surface area contributed by atoms with Crippen LogP contribution in [0.3, 0.4) is 0 Å². The average molecular weight is 154 g/mol. The van der Waals surface area contributed by atoms with Gasteiger partial charge in [0.15, 0.2) is 0 Å². The van der Waals surface area contributed by atoms with Crippen LogP contribution in [0.1, 0.15) is 33.6 Å². The third-order valence-corrected chi connectivity index (χ3v) is 2.62. The molecule has 1 rings (SSSR count). The zero-order valence-electron chi connectivity index (χ0n) is 7.72. The van der Waals surface area contributed by atoms with Gasteiger partial charge in [-0.1, -0.05) is 25.5 Å². The molecule has 1 nitrogen and oxygen atoms in total. The van der Waals surface area contributed by atoms with Crippen LogP contribution in [0, 0.1) is 11.3 Å². The maximum absolute atomic E-state index is 8.99. The van der Waals surface area contributed by atoms with Crippen molar-refractivity contribution >= 4 is 0 Å². The summed E-state index contributed by atoms with van der Waals surface area (Å²) in [4.78, 5) is 0. The minimum Gasteiger partial charge on any atom is -0.396 e. The molecular formula is C10H18O. The van der Waals surface area contributed by atoms with Gasteiger partial charge in [0, 0.05) is 12.5 Å². The van der Waals surface area contributed by atoms with Gasteiger partial charge in [0.2, 0.25) is 0 Å². The second kappa shape index (κ2) is 2.98. The highest BCUT2D eigenvalue weighted by Gasteiger charge is 2.24. The molecule has 0 aromatic heterocycles. The average Bonchev–Trinajstić information content (AvgIpc) is 1.86. The Balaban J connectivity index is 2.72. The Labute approximate surface area is 69.1 Å². The third-order valence-electron chi connectivity index (χ3n) is 2.62. The summed E-state index contributed by atoms with van der Waals surface area (Å²) in [6, 6.07) is 0. The first-order chi connectivity index (χ1) is 5.05. The van der Waals surface area contributed by atoms with Gasteiger partial charge < -0.3 is 5.11 Å². The molecule has 64 valence electrons. The maximum Gasteiger partial charge on any atom is 0.0496 e. The SMILES string of the molecule is CC1=CC(C)(C)CCC1CO. The van der Waals surface area contributed by atoms with Gasteiger partial charge in [-0.2, -0.15) is 0 Å². The Morgan fingerprint density at radius 1 is 1.64 bits per heavy atom. The second-order valence-corrected chi connectivity index (χ2v) is 4.30. The highest BCUT2D eigenvalue weighted by atomic mass is 16.3. The highest BCUT2D eigenvalue weighted by Crippen LogP contribution is 2.35. The molecule has 1 atom stereocenters. The van der Waals surface area contributed by atoms with Gasteiger partial charge in [0.1, 0.15) is 0 Å². The Morgan fingerprint density at radius 3 is 2.73 bits per heavy atom. The molecule has 0 aliphatic heterocycles. The number of allylic oxidation sites excluding steroid dienone is 1. The quantitative estimate of drug-likeness (QED) is 0.575. The van der Waals surface area contributed by atoms with E-state index < -0.39 is 0 Å². The van der Waals surface area contributed by atoms with Gasteiger partial charge in [-0.25, -0.2) is 0 Å². The van der Waals surface area contributed by atoms with E-state index in [2.05, 4.69) is 26.8 Å². The van der Waals surface area contributed by atoms with E-state index in [9.17, 15) is 0 Å². The predicted octanol–water partition coefficient (Wildman–Crippen LogP) is 2.36. The van der Waals surface area contributed by atoms with Crippen molar-refractivity contribution in [3.05, 3.63) is 11.6 Å². The molecule has 0 radical (unpaired) electrons. The molecule has 11 heavy (non-hydrogen) atoms. The van der Waals surface area contributed by atoms with Crippen LogP contribution in [-0.4, -0.2) is 11.7 Å². The topological polar surface area (TPSA) is 20.2 Å². The van der Waals surface area contributed by atoms with Crippen molar-refractivity contribution in [1.82, 2.24) is 0 Å². The first-order valence-electron chi connectivity index (χ1n) is 4.35. The summed E-state index contributed by atoms with van der Waals surface area (Å²) in [5, 5.41) is 8.99. The third kappa shape index (κ3) is 2.06. The van der Waals surface area contributed by atoms with E-state index in [-0.39, 0.29) is 0 Å². The van der Waals surface area contributed by atoms with Gasteiger partial charge in [0.05, 0.1) is 0 Å². The number of aliphatic hydroxyl groups excluding tert-OH is 1. The van der Waals surface area contributed by atoms with Gasteiger partial charge in [0.25, 0.3) is 0 Å². The lowest BCUT2D eigenvalue weighted by molar-refractivity contribution is 0.214. The molecule has 0 spiro atoms. The lowest BCUT2D eigenvalue weighted by Gasteiger charge is -2.31. The summed E-state index contributed by atoms with van der Waals surface area (Å²) in [7, 11) is 0. The van der Waals surface area contributed by atoms with Crippen LogP contribution < -0.4 is 0 Å². The molecule has 0 saturated carbocycles. The molecule has 1 heteroatoms. The Bertz CT molecular complexity index is 168. The number of aliphatic hydroxyl groups is 1. The molecule has 0 amide bonds. The van der Waals surface area contributed by atoms with E-state index in [0.717, 1.165) is 6.42 Å². The zero-order chi connectivity index (χ0) is 8.48. The minimum absolute atomic E-state index is 0.318. The van der Waals surface area contributed by atoms with Crippen LogP contribution in [-0.2, 0) is 0 Å². The summed E-state index contributed by atoms with van der Waals surface area (Å²) < 4.78 is 0. The monoisotopic (exact) mass is 154 g/mol. The minimum atomic E-state index is 0.318. The van der Waals surface area contributed by atoms with Crippen LogP contribution in [0.5, 0.6) is 0 Å². The van der Waals surface area contributed by atoms with E-state index in [1.165, 1.54) is 12.0 Å². The predicted molar refractivity (Wildman–Crippen MR) is 47.3 cm³/mol. The van der Waals surface area contributed by atoms with Crippen LogP contribution >= 0.6 is 0 Å². The molecular weight excluding hydrogens is 136 g/mol. The van der Waals surface area contributed by atoms with E-state index in [4.69, 9.17) is 5.11 Å². The standard InChI is InChI=1S/C10H18O/c1-8-6-10(2,3)5-4-9(8)7-11/h6,9,11H,4-5,7H2,1-3H3. The Kier molecular flexibility index (Phi) is 2.38. The van der Waals surface area contributed by atoms with Crippen molar-refractivity contribution in [2.75, 3.05) is 6.61 Å². The van der Waals surface area contributed by atoms with Crippen molar-refractivity contribution in [1.29, 1.82) is 0 Å². The van der Waals surface area contributed by atoms with Crippen molar-refractivity contribution in [3.63, 3.8) is 0 Å². The van der Waals surface area contributed by atoms with Crippen molar-refractivity contribution in [3.8, 4) is 0 Å². The number of rotatable bonds is 1. The fourth-order valence-electron chi connectivity index (χ4n) is 1.82. The fraction of sp³-hybridized carbons (Fsp3) is 0.800. The zero-order valence-corrected chi connectivity index (χ0v) is 7.72. The first-order valence-corrected chi connectivity index (χ1v) is 4.35.